The second kappa shape index (κ2) is 14.0. The van der Waals surface area contributed by atoms with Gasteiger partial charge in [0.2, 0.25) is 11.7 Å². The largest absolute Gasteiger partial charge is 0.495 e. The van der Waals surface area contributed by atoms with Crippen LogP contribution in [0.3, 0.4) is 0 Å². The maximum Gasteiger partial charge on any atom is 0.451 e. The maximum atomic E-state index is 13.4. The third kappa shape index (κ3) is 7.67. The van der Waals surface area contributed by atoms with Gasteiger partial charge < -0.3 is 15.0 Å². The van der Waals surface area contributed by atoms with Crippen LogP contribution in [0.25, 0.3) is 16.5 Å². The van der Waals surface area contributed by atoms with E-state index >= 15 is 0 Å². The predicted molar refractivity (Wildman–Crippen MR) is 161 cm³/mol. The molecule has 2 aromatic rings. The van der Waals surface area contributed by atoms with Gasteiger partial charge in [-0.05, 0) is 86.0 Å². The number of hydrogen-bond acceptors (Lipinski definition) is 4. The molecule has 0 bridgehead atoms. The molecule has 0 unspecified atom stereocenters. The number of carbonyl (C=O) groups excluding carboxylic acids is 1. The van der Waals surface area contributed by atoms with Crippen molar-refractivity contribution in [1.29, 1.82) is 0 Å². The molecular weight excluding hydrogens is 531 g/mol. The van der Waals surface area contributed by atoms with Crippen LogP contribution in [-0.2, 0) is 9.53 Å². The average molecular weight is 574 g/mol. The molecule has 10 heteroatoms. The minimum Gasteiger partial charge on any atom is -0.495 e. The number of amides is 1. The van der Waals surface area contributed by atoms with Gasteiger partial charge in [-0.1, -0.05) is 32.9 Å². The minimum atomic E-state index is -4.65. The van der Waals surface area contributed by atoms with E-state index < -0.39 is 12.0 Å². The zero-order valence-electron chi connectivity index (χ0n) is 25.1. The quantitative estimate of drug-likeness (QED) is 0.154. The van der Waals surface area contributed by atoms with Crippen LogP contribution in [-0.4, -0.2) is 74.4 Å². The first kappa shape index (κ1) is 32.1. The molecular formula is C31H42F3N5O2. The molecule has 0 saturated carbocycles. The van der Waals surface area contributed by atoms with Crippen LogP contribution in [0.1, 0.15) is 75.6 Å². The first-order valence-electron chi connectivity index (χ1n) is 14.1. The summed E-state index contributed by atoms with van der Waals surface area (Å²) < 4.78 is 45.6. The molecule has 1 aromatic carbocycles. The topological polar surface area (TPSA) is 82.1 Å². The second-order valence-corrected chi connectivity index (χ2v) is 10.5. The summed E-state index contributed by atoms with van der Waals surface area (Å²) in [5.41, 5.74) is 5.28. The highest BCUT2D eigenvalue weighted by Crippen LogP contribution is 2.37. The standard InChI is InChI=1S/C31H42F3N5O2/c1-8-20(17-26(41-7)24(9-2)38-30(36-6)31(32,33)34)29-28(19(3)4)23-16-22(10-11-25(23)37-29)21-12-14-39(15-13-21)18-27(40)35-5/h8,10-11,16-17,19,21,37H,9,12-15,18H2,1-7H3,(H,35,40)/b20-8+,26-17+,36-30?,38-24?. The van der Waals surface area contributed by atoms with Gasteiger partial charge in [-0.3, -0.25) is 14.7 Å². The Morgan fingerprint density at radius 3 is 2.46 bits per heavy atom. The Bertz CT molecular complexity index is 1340. The third-order valence-electron chi connectivity index (χ3n) is 7.58. The number of benzene rings is 1. The van der Waals surface area contributed by atoms with Crippen LogP contribution in [0, 0.1) is 0 Å². The van der Waals surface area contributed by atoms with E-state index in [0.717, 1.165) is 60.7 Å². The SMILES string of the molecule is C/C=C(\C=C(\OC)C(CC)=NC(=NC)C(F)(F)F)c1[nH]c2ccc(C3CCN(CC(=O)NC)CC3)cc2c1C(C)C. The Labute approximate surface area is 240 Å². The molecule has 0 spiro atoms. The number of nitrogens with one attached hydrogen (secondary N) is 2. The summed E-state index contributed by atoms with van der Waals surface area (Å²) >= 11 is 0. The first-order valence-corrected chi connectivity index (χ1v) is 14.1. The van der Waals surface area contributed by atoms with Crippen molar-refractivity contribution in [2.75, 3.05) is 40.8 Å². The Morgan fingerprint density at radius 1 is 1.27 bits per heavy atom. The summed E-state index contributed by atoms with van der Waals surface area (Å²) in [5.74, 6) is -0.316. The monoisotopic (exact) mass is 573 g/mol. The molecule has 2 heterocycles. The van der Waals surface area contributed by atoms with Crippen molar-refractivity contribution in [3.63, 3.8) is 0 Å². The molecule has 0 atom stereocenters. The highest BCUT2D eigenvalue weighted by molar-refractivity contribution is 6.08. The number of nitrogens with zero attached hydrogens (tertiary/aromatic N) is 3. The Morgan fingerprint density at radius 2 is 1.95 bits per heavy atom. The average Bonchev–Trinajstić information content (AvgIpc) is 3.33. The summed E-state index contributed by atoms with van der Waals surface area (Å²) in [6.45, 7) is 10.1. The number of carbonyl (C=O) groups is 1. The molecule has 1 fully saturated rings. The molecule has 1 aliphatic heterocycles. The van der Waals surface area contributed by atoms with Crippen molar-refractivity contribution in [2.45, 2.75) is 65.0 Å². The van der Waals surface area contributed by atoms with Crippen molar-refractivity contribution >= 4 is 33.9 Å². The summed E-state index contributed by atoms with van der Waals surface area (Å²) in [6, 6.07) is 6.55. The minimum absolute atomic E-state index is 0.0355. The van der Waals surface area contributed by atoms with Crippen LogP contribution in [0.15, 0.2) is 46.1 Å². The highest BCUT2D eigenvalue weighted by Gasteiger charge is 2.36. The number of aromatic nitrogens is 1. The highest BCUT2D eigenvalue weighted by atomic mass is 19.4. The smallest absolute Gasteiger partial charge is 0.451 e. The van der Waals surface area contributed by atoms with Crippen LogP contribution in [0.4, 0.5) is 13.2 Å². The molecule has 1 saturated heterocycles. The lowest BCUT2D eigenvalue weighted by molar-refractivity contribution is -0.122. The number of H-pyrrole nitrogens is 1. The van der Waals surface area contributed by atoms with Crippen molar-refractivity contribution < 1.29 is 22.7 Å². The van der Waals surface area contributed by atoms with E-state index in [-0.39, 0.29) is 29.7 Å². The van der Waals surface area contributed by atoms with Gasteiger partial charge in [0.25, 0.3) is 0 Å². The zero-order valence-corrected chi connectivity index (χ0v) is 25.1. The molecule has 1 aromatic heterocycles. The molecule has 1 aliphatic rings. The summed E-state index contributed by atoms with van der Waals surface area (Å²) in [5, 5.41) is 3.83. The second-order valence-electron chi connectivity index (χ2n) is 10.5. The molecule has 7 nitrogen and oxygen atoms in total. The zero-order chi connectivity index (χ0) is 30.3. The first-order chi connectivity index (χ1) is 19.5. The van der Waals surface area contributed by atoms with E-state index in [9.17, 15) is 18.0 Å². The number of fused-ring (bicyclic) bond motifs is 1. The maximum absolute atomic E-state index is 13.4. The van der Waals surface area contributed by atoms with Gasteiger partial charge in [0, 0.05) is 30.7 Å². The van der Waals surface area contributed by atoms with Crippen molar-refractivity contribution in [1.82, 2.24) is 15.2 Å². The molecule has 2 N–H and O–H groups in total. The number of methoxy groups -OCH3 is 1. The fraction of sp³-hybridized carbons (Fsp3) is 0.516. The summed E-state index contributed by atoms with van der Waals surface area (Å²) in [4.78, 5) is 24.7. The van der Waals surface area contributed by atoms with E-state index in [1.165, 1.54) is 12.7 Å². The molecule has 0 radical (unpaired) electrons. The fourth-order valence-electron chi connectivity index (χ4n) is 5.40. The predicted octanol–water partition coefficient (Wildman–Crippen LogP) is 6.59. The van der Waals surface area contributed by atoms with E-state index in [2.05, 4.69) is 57.2 Å². The number of rotatable bonds is 9. The summed E-state index contributed by atoms with van der Waals surface area (Å²) in [7, 11) is 4.17. The van der Waals surface area contributed by atoms with E-state index in [4.69, 9.17) is 4.74 Å². The number of aliphatic imine (C=N–C) groups is 2. The van der Waals surface area contributed by atoms with Crippen LogP contribution < -0.4 is 5.32 Å². The lowest BCUT2D eigenvalue weighted by Gasteiger charge is -2.31. The number of alkyl halides is 3. The number of halogens is 3. The lowest BCUT2D eigenvalue weighted by Crippen LogP contribution is -2.40. The van der Waals surface area contributed by atoms with Gasteiger partial charge in [0.1, 0.15) is 5.76 Å². The Hall–Kier alpha value is -3.40. The Balaban J connectivity index is 1.99. The molecule has 224 valence electrons. The molecule has 0 aliphatic carbocycles. The van der Waals surface area contributed by atoms with Gasteiger partial charge in [0.05, 0.1) is 19.4 Å². The fourth-order valence-corrected chi connectivity index (χ4v) is 5.40. The number of likely N-dealkylation sites (tertiary alicyclic amines) is 1. The van der Waals surface area contributed by atoms with Gasteiger partial charge in [0.15, 0.2) is 0 Å². The third-order valence-corrected chi connectivity index (χ3v) is 7.58. The van der Waals surface area contributed by atoms with Crippen LogP contribution in [0.5, 0.6) is 0 Å². The van der Waals surface area contributed by atoms with E-state index in [0.29, 0.717) is 12.5 Å². The van der Waals surface area contributed by atoms with Gasteiger partial charge in [-0.2, -0.15) is 13.2 Å². The number of likely N-dealkylation sites (N-methyl/N-ethyl adjacent to an activating group) is 1. The van der Waals surface area contributed by atoms with E-state index in [1.54, 1.807) is 20.0 Å². The number of piperidine rings is 1. The van der Waals surface area contributed by atoms with E-state index in [1.807, 2.05) is 13.0 Å². The van der Waals surface area contributed by atoms with Crippen molar-refractivity contribution in [2.24, 2.45) is 9.98 Å². The van der Waals surface area contributed by atoms with Crippen molar-refractivity contribution in [3.05, 3.63) is 52.9 Å². The van der Waals surface area contributed by atoms with Crippen molar-refractivity contribution in [3.8, 4) is 0 Å². The number of hydrogen-bond donors (Lipinski definition) is 2. The van der Waals surface area contributed by atoms with Crippen LogP contribution >= 0.6 is 0 Å². The summed E-state index contributed by atoms with van der Waals surface area (Å²) in [6.07, 6.45) is 1.21. The van der Waals surface area contributed by atoms with Gasteiger partial charge in [-0.25, -0.2) is 4.99 Å². The molecule has 3 rings (SSSR count). The number of allylic oxidation sites excluding steroid dienone is 4. The number of aromatic amines is 1. The normalized spacial score (nSPS) is 17.0. The number of ether oxygens (including phenoxy) is 1. The van der Waals surface area contributed by atoms with Gasteiger partial charge in [-0.15, -0.1) is 0 Å². The number of amidine groups is 1. The molecule has 41 heavy (non-hydrogen) atoms. The van der Waals surface area contributed by atoms with Crippen LogP contribution in [0.2, 0.25) is 0 Å². The van der Waals surface area contributed by atoms with Gasteiger partial charge >= 0.3 is 6.18 Å². The lowest BCUT2D eigenvalue weighted by atomic mass is 9.87. The Kier molecular flexibility index (Phi) is 11.0. The molecule has 1 amide bonds.